The molecule has 2 aliphatic rings. The van der Waals surface area contributed by atoms with Gasteiger partial charge in [0.1, 0.15) is 0 Å². The van der Waals surface area contributed by atoms with Crippen molar-refractivity contribution in [2.75, 3.05) is 45.8 Å². The summed E-state index contributed by atoms with van der Waals surface area (Å²) in [6.45, 7) is 8.84. The van der Waals surface area contributed by atoms with Crippen molar-refractivity contribution in [1.82, 2.24) is 14.7 Å². The Morgan fingerprint density at radius 3 is 1.86 bits per heavy atom. The number of carbonyl (C=O) groups is 2. The first-order chi connectivity index (χ1) is 9.50. The third kappa shape index (κ3) is 4.98. The van der Waals surface area contributed by atoms with E-state index in [9.17, 15) is 9.59 Å². The minimum atomic E-state index is -0.590. The first-order valence-corrected chi connectivity index (χ1v) is 7.58. The highest BCUT2D eigenvalue weighted by Gasteiger charge is 2.48. The van der Waals surface area contributed by atoms with Crippen molar-refractivity contribution in [3.63, 3.8) is 0 Å². The van der Waals surface area contributed by atoms with Crippen LogP contribution in [0.1, 0.15) is 26.7 Å². The van der Waals surface area contributed by atoms with Crippen LogP contribution < -0.4 is 5.73 Å². The molecule has 0 aromatic rings. The van der Waals surface area contributed by atoms with Gasteiger partial charge in [-0.05, 0) is 25.9 Å². The summed E-state index contributed by atoms with van der Waals surface area (Å²) in [6.07, 6.45) is 1.60. The predicted molar refractivity (Wildman–Crippen MR) is 91.6 cm³/mol. The molecule has 1 heterocycles. The molecular weight excluding hydrogens is 327 g/mol. The van der Waals surface area contributed by atoms with Gasteiger partial charge in [0.05, 0.1) is 12.1 Å². The van der Waals surface area contributed by atoms with Crippen LogP contribution in [-0.2, 0) is 9.59 Å². The summed E-state index contributed by atoms with van der Waals surface area (Å²) in [4.78, 5) is 30.1. The molecule has 0 aromatic heterocycles. The fourth-order valence-electron chi connectivity index (χ4n) is 2.56. The van der Waals surface area contributed by atoms with Gasteiger partial charge >= 0.3 is 0 Å². The summed E-state index contributed by atoms with van der Waals surface area (Å²) in [6, 6.07) is 0. The molecule has 8 heteroatoms. The van der Waals surface area contributed by atoms with E-state index in [2.05, 4.69) is 18.7 Å². The summed E-state index contributed by atoms with van der Waals surface area (Å²) in [5, 5.41) is 0. The summed E-state index contributed by atoms with van der Waals surface area (Å²) in [7, 11) is 0. The molecule has 130 valence electrons. The van der Waals surface area contributed by atoms with E-state index >= 15 is 0 Å². The van der Waals surface area contributed by atoms with Crippen molar-refractivity contribution in [1.29, 1.82) is 0 Å². The Balaban J connectivity index is 0.00000220. The Labute approximate surface area is 145 Å². The lowest BCUT2D eigenvalue weighted by Crippen LogP contribution is -2.56. The van der Waals surface area contributed by atoms with E-state index < -0.39 is 5.54 Å². The molecule has 22 heavy (non-hydrogen) atoms. The Morgan fingerprint density at radius 2 is 1.45 bits per heavy atom. The first kappa shape index (κ1) is 21.4. The average molecular weight is 355 g/mol. The summed E-state index contributed by atoms with van der Waals surface area (Å²) in [5.41, 5.74) is 5.35. The maximum atomic E-state index is 12.2. The Bertz CT molecular complexity index is 379. The number of hydrogen-bond acceptors (Lipinski definition) is 4. The van der Waals surface area contributed by atoms with Gasteiger partial charge in [-0.1, -0.05) is 13.8 Å². The molecule has 0 unspecified atom stereocenters. The number of nitrogens with two attached hydrogens (primary N) is 1. The molecule has 2 amide bonds. The van der Waals surface area contributed by atoms with Crippen LogP contribution in [0.25, 0.3) is 0 Å². The molecule has 0 bridgehead atoms. The number of rotatable bonds is 5. The van der Waals surface area contributed by atoms with Crippen LogP contribution >= 0.6 is 24.8 Å². The average Bonchev–Trinajstić information content (AvgIpc) is 3.23. The van der Waals surface area contributed by atoms with Crippen LogP contribution in [0.4, 0.5) is 0 Å². The first-order valence-electron chi connectivity index (χ1n) is 7.58. The third-order valence-corrected chi connectivity index (χ3v) is 4.39. The van der Waals surface area contributed by atoms with Crippen LogP contribution in [-0.4, -0.2) is 77.9 Å². The molecule has 1 aliphatic heterocycles. The number of hydrogen-bond donors (Lipinski definition) is 1. The molecule has 1 saturated carbocycles. The molecule has 0 atom stereocenters. The number of carbonyl (C=O) groups excluding carboxylic acids is 2. The fourth-order valence-corrected chi connectivity index (χ4v) is 2.56. The SMILES string of the molecule is CCN(CC)CC(=O)N1CCN(C(=O)C2(N)CC2)CC1.Cl.Cl. The minimum absolute atomic E-state index is 0. The van der Waals surface area contributed by atoms with Crippen LogP contribution in [0.2, 0.25) is 0 Å². The molecule has 0 radical (unpaired) electrons. The zero-order valence-electron chi connectivity index (χ0n) is 13.4. The van der Waals surface area contributed by atoms with E-state index in [1.807, 2.05) is 9.80 Å². The van der Waals surface area contributed by atoms with Gasteiger partial charge in [-0.3, -0.25) is 14.5 Å². The Morgan fingerprint density at radius 1 is 1.00 bits per heavy atom. The van der Waals surface area contributed by atoms with Crippen LogP contribution in [0.5, 0.6) is 0 Å². The largest absolute Gasteiger partial charge is 0.338 e. The molecule has 0 spiro atoms. The summed E-state index contributed by atoms with van der Waals surface area (Å²) in [5.74, 6) is 0.225. The summed E-state index contributed by atoms with van der Waals surface area (Å²) < 4.78 is 0. The van der Waals surface area contributed by atoms with Gasteiger partial charge in [-0.25, -0.2) is 0 Å². The number of piperazine rings is 1. The lowest BCUT2D eigenvalue weighted by atomic mass is 10.2. The smallest absolute Gasteiger partial charge is 0.242 e. The molecular formula is C14H28Cl2N4O2. The van der Waals surface area contributed by atoms with Crippen molar-refractivity contribution in [2.45, 2.75) is 32.2 Å². The molecule has 2 fully saturated rings. The van der Waals surface area contributed by atoms with Crippen LogP contribution in [0.3, 0.4) is 0 Å². The number of nitrogens with zero attached hydrogens (tertiary/aromatic N) is 3. The number of likely N-dealkylation sites (N-methyl/N-ethyl adjacent to an activating group) is 1. The lowest BCUT2D eigenvalue weighted by Gasteiger charge is -2.36. The molecule has 2 N–H and O–H groups in total. The van der Waals surface area contributed by atoms with Crippen molar-refractivity contribution >= 4 is 36.6 Å². The van der Waals surface area contributed by atoms with E-state index in [-0.39, 0.29) is 36.6 Å². The summed E-state index contributed by atoms with van der Waals surface area (Å²) >= 11 is 0. The Hall–Kier alpha value is -0.560. The van der Waals surface area contributed by atoms with Crippen molar-refractivity contribution < 1.29 is 9.59 Å². The van der Waals surface area contributed by atoms with Gasteiger partial charge in [0, 0.05) is 26.2 Å². The monoisotopic (exact) mass is 354 g/mol. The maximum absolute atomic E-state index is 12.2. The van der Waals surface area contributed by atoms with E-state index in [4.69, 9.17) is 5.73 Å². The van der Waals surface area contributed by atoms with E-state index in [0.717, 1.165) is 25.9 Å². The molecule has 2 rings (SSSR count). The van der Waals surface area contributed by atoms with Gasteiger partial charge in [0.25, 0.3) is 0 Å². The van der Waals surface area contributed by atoms with Crippen molar-refractivity contribution in [3.05, 3.63) is 0 Å². The van der Waals surface area contributed by atoms with Gasteiger partial charge in [-0.2, -0.15) is 0 Å². The maximum Gasteiger partial charge on any atom is 0.242 e. The van der Waals surface area contributed by atoms with E-state index in [1.165, 1.54) is 0 Å². The topological polar surface area (TPSA) is 69.9 Å². The molecule has 1 aliphatic carbocycles. The lowest BCUT2D eigenvalue weighted by molar-refractivity contribution is -0.141. The Kier molecular flexibility index (Phi) is 8.69. The molecule has 1 saturated heterocycles. The second kappa shape index (κ2) is 8.91. The predicted octanol–water partition coefficient (Wildman–Crippen LogP) is 0.334. The van der Waals surface area contributed by atoms with E-state index in [1.54, 1.807) is 0 Å². The standard InChI is InChI=1S/C14H26N4O2.2ClH/c1-3-16(4-2)11-12(19)17-7-9-18(10-8-17)13(20)14(15)5-6-14;;/h3-11,15H2,1-2H3;2*1H. The van der Waals surface area contributed by atoms with Gasteiger partial charge in [0.2, 0.25) is 11.8 Å². The fraction of sp³-hybridized carbons (Fsp3) is 0.857. The highest BCUT2D eigenvalue weighted by molar-refractivity contribution is 5.89. The van der Waals surface area contributed by atoms with Gasteiger partial charge in [-0.15, -0.1) is 24.8 Å². The second-order valence-corrected chi connectivity index (χ2v) is 5.79. The molecule has 0 aromatic carbocycles. The zero-order chi connectivity index (χ0) is 14.8. The van der Waals surface area contributed by atoms with E-state index in [0.29, 0.717) is 32.7 Å². The highest BCUT2D eigenvalue weighted by atomic mass is 35.5. The second-order valence-electron chi connectivity index (χ2n) is 5.79. The number of amides is 2. The third-order valence-electron chi connectivity index (χ3n) is 4.39. The zero-order valence-corrected chi connectivity index (χ0v) is 15.0. The van der Waals surface area contributed by atoms with Gasteiger partial charge in [0.15, 0.2) is 0 Å². The molecule has 6 nitrogen and oxygen atoms in total. The quantitative estimate of drug-likeness (QED) is 0.772. The minimum Gasteiger partial charge on any atom is -0.338 e. The normalized spacial score (nSPS) is 19.3. The van der Waals surface area contributed by atoms with Gasteiger partial charge < -0.3 is 15.5 Å². The van der Waals surface area contributed by atoms with Crippen LogP contribution in [0, 0.1) is 0 Å². The van der Waals surface area contributed by atoms with Crippen molar-refractivity contribution in [3.8, 4) is 0 Å². The van der Waals surface area contributed by atoms with Crippen LogP contribution in [0.15, 0.2) is 0 Å². The highest BCUT2D eigenvalue weighted by Crippen LogP contribution is 2.34. The number of halogens is 2. The van der Waals surface area contributed by atoms with Crippen molar-refractivity contribution in [2.24, 2.45) is 5.73 Å².